The summed E-state index contributed by atoms with van der Waals surface area (Å²) < 4.78 is 71.6. The lowest BCUT2D eigenvalue weighted by molar-refractivity contribution is 0.0658. The van der Waals surface area contributed by atoms with Crippen molar-refractivity contribution in [3.63, 3.8) is 0 Å². The van der Waals surface area contributed by atoms with Crippen LogP contribution in [0.2, 0.25) is 0 Å². The molecule has 0 spiro atoms. The highest BCUT2D eigenvalue weighted by Crippen LogP contribution is 2.38. The van der Waals surface area contributed by atoms with Crippen molar-refractivity contribution < 1.29 is 46.9 Å². The molecule has 114 heavy (non-hydrogen) atoms. The number of ether oxygens (including phenoxy) is 5. The quantitative estimate of drug-likeness (QED) is 0.0477. The van der Waals surface area contributed by atoms with Crippen LogP contribution in [-0.2, 0) is 27.7 Å². The molecule has 2 N–H and O–H groups in total. The number of hydrogen-bond donors (Lipinski definition) is 2. The first kappa shape index (κ1) is 78.9. The van der Waals surface area contributed by atoms with E-state index >= 15 is 0 Å². The van der Waals surface area contributed by atoms with Gasteiger partial charge in [0.2, 0.25) is 0 Å². The van der Waals surface area contributed by atoms with Crippen molar-refractivity contribution in [3.05, 3.63) is 224 Å². The molecule has 1 aliphatic heterocycles. The number of benzene rings is 7. The normalized spacial score (nSPS) is 12.2. The molecule has 0 fully saturated rings. The van der Waals surface area contributed by atoms with Crippen LogP contribution in [0.4, 0.5) is 38.5 Å². The van der Waals surface area contributed by atoms with E-state index in [9.17, 15) is 19.1 Å². The Morgan fingerprint density at radius 1 is 0.482 bits per heavy atom. The number of aliphatic hydroxyl groups excluding tert-OH is 1. The number of rotatable bonds is 26. The Labute approximate surface area is 667 Å². The SMILES string of the molecule is C.C.C.COc1cc(OC)cc(N(CCCn2c(C)cnc2C)c2ccc3ncc(-c4cnn(C)c4)nc3c2)c1.COc1cc(OC)cc(N(C[C@H](O)CNC(C)C)c2ccc3ncc(-c4cnn(C)c4)nc3c2)c1.[2H]C([2H])([2H])Oc1cc(F)cc(N(CCN2C(=O)c3ccccc3C2=O)c2ccc3ncc(-c4cnn(C)c4)nc3c2)c1. The van der Waals surface area contributed by atoms with Crippen molar-refractivity contribution >= 4 is 79.0 Å². The van der Waals surface area contributed by atoms with Crippen LogP contribution in [0.25, 0.3) is 66.9 Å². The molecular weight excluding hydrogens is 1450 g/mol. The number of anilines is 6. The number of carbonyl (C=O) groups is 2. The molecule has 592 valence electrons. The molecule has 14 aromatic rings. The molecule has 0 radical (unpaired) electrons. The van der Waals surface area contributed by atoms with Gasteiger partial charge in [-0.2, -0.15) is 15.3 Å². The average Bonchev–Trinajstić information content (AvgIpc) is 1.71. The predicted octanol–water partition coefficient (Wildman–Crippen LogP) is 15.2. The summed E-state index contributed by atoms with van der Waals surface area (Å²) in [4.78, 5) is 65.8. The minimum atomic E-state index is -2.79. The number of aromatic nitrogens is 14. The molecule has 2 amide bonds. The lowest BCUT2D eigenvalue weighted by Gasteiger charge is -2.29. The van der Waals surface area contributed by atoms with Gasteiger partial charge >= 0.3 is 0 Å². The Morgan fingerprint density at radius 3 is 1.29 bits per heavy atom. The van der Waals surface area contributed by atoms with Crippen LogP contribution in [0.5, 0.6) is 28.7 Å². The first-order chi connectivity index (χ1) is 54.9. The molecule has 7 aromatic carbocycles. The van der Waals surface area contributed by atoms with Crippen molar-refractivity contribution in [1.29, 1.82) is 0 Å². The number of imide groups is 1. The Hall–Kier alpha value is -13.2. The molecule has 27 nitrogen and oxygen atoms in total. The second kappa shape index (κ2) is 37.2. The molecule has 0 aliphatic carbocycles. The summed E-state index contributed by atoms with van der Waals surface area (Å²) in [5.41, 5.74) is 15.4. The van der Waals surface area contributed by atoms with Crippen LogP contribution in [0.3, 0.4) is 0 Å². The van der Waals surface area contributed by atoms with Gasteiger partial charge in [0.1, 0.15) is 40.4 Å². The van der Waals surface area contributed by atoms with E-state index in [4.69, 9.17) is 42.7 Å². The van der Waals surface area contributed by atoms with Crippen LogP contribution in [0, 0.1) is 19.7 Å². The summed E-state index contributed by atoms with van der Waals surface area (Å²) in [6.07, 6.45) is 18.3. The molecule has 1 aliphatic rings. The van der Waals surface area contributed by atoms with Gasteiger partial charge in [-0.05, 0) is 93.1 Å². The number of nitrogens with zero attached hydrogens (tertiary/aromatic N) is 18. The molecule has 7 aromatic heterocycles. The van der Waals surface area contributed by atoms with E-state index in [0.29, 0.717) is 58.1 Å². The minimum absolute atomic E-state index is 0. The van der Waals surface area contributed by atoms with Crippen molar-refractivity contribution in [2.75, 3.05) is 82.9 Å². The Balaban J connectivity index is 0.000000184. The van der Waals surface area contributed by atoms with Crippen molar-refractivity contribution in [3.8, 4) is 62.5 Å². The Bertz CT molecular complexity index is 5700. The second-order valence-electron chi connectivity index (χ2n) is 26.8. The maximum absolute atomic E-state index is 14.8. The van der Waals surface area contributed by atoms with E-state index in [1.807, 2.05) is 111 Å². The van der Waals surface area contributed by atoms with Gasteiger partial charge in [-0.1, -0.05) is 48.3 Å². The van der Waals surface area contributed by atoms with Crippen molar-refractivity contribution in [2.45, 2.75) is 75.1 Å². The minimum Gasteiger partial charge on any atom is -0.497 e. The highest BCUT2D eigenvalue weighted by atomic mass is 19.1. The third kappa shape index (κ3) is 19.2. The van der Waals surface area contributed by atoms with Gasteiger partial charge in [-0.3, -0.25) is 43.5 Å². The molecule has 0 saturated carbocycles. The number of amides is 2. The Morgan fingerprint density at radius 2 is 0.895 bits per heavy atom. The molecule has 1 atom stereocenters. The van der Waals surface area contributed by atoms with E-state index in [1.165, 1.54) is 12.1 Å². The van der Waals surface area contributed by atoms with Crippen LogP contribution < -0.4 is 43.7 Å². The molecule has 0 saturated heterocycles. The maximum Gasteiger partial charge on any atom is 0.261 e. The summed E-state index contributed by atoms with van der Waals surface area (Å²) in [7, 11) is 9.34. The number of imidazole rings is 1. The third-order valence-corrected chi connectivity index (χ3v) is 18.7. The van der Waals surface area contributed by atoms with Crippen molar-refractivity contribution in [1.82, 2.24) is 79.0 Å². The predicted molar refractivity (Wildman–Crippen MR) is 446 cm³/mol. The van der Waals surface area contributed by atoms with Gasteiger partial charge in [0.15, 0.2) is 0 Å². The largest absolute Gasteiger partial charge is 0.497 e. The monoisotopic (exact) mass is 1550 g/mol. The number of aryl methyl sites for hydroxylation is 5. The van der Waals surface area contributed by atoms with Gasteiger partial charge in [0.05, 0.1) is 151 Å². The lowest BCUT2D eigenvalue weighted by atomic mass is 10.1. The van der Waals surface area contributed by atoms with E-state index in [2.05, 4.69) is 82.9 Å². The summed E-state index contributed by atoms with van der Waals surface area (Å²) in [6.45, 7) is 10.7. The number of halogens is 1. The van der Waals surface area contributed by atoms with Crippen LogP contribution in [0.1, 0.15) is 78.9 Å². The molecule has 15 rings (SSSR count). The number of fused-ring (bicyclic) bond motifs is 4. The number of carbonyl (C=O) groups excluding carboxylic acids is 2. The molecule has 0 bridgehead atoms. The van der Waals surface area contributed by atoms with Crippen LogP contribution in [-0.4, -0.2) is 171 Å². The summed E-state index contributed by atoms with van der Waals surface area (Å²) in [5.74, 6) is 2.05. The van der Waals surface area contributed by atoms with Crippen molar-refractivity contribution in [2.24, 2.45) is 21.1 Å². The van der Waals surface area contributed by atoms with E-state index in [0.717, 1.165) is 126 Å². The molecule has 0 unspecified atom stereocenters. The van der Waals surface area contributed by atoms with Gasteiger partial charge in [-0.25, -0.2) is 24.3 Å². The highest BCUT2D eigenvalue weighted by molar-refractivity contribution is 6.21. The molecule has 8 heterocycles. The van der Waals surface area contributed by atoms with Gasteiger partial charge in [0, 0.05) is 190 Å². The zero-order valence-electron chi connectivity index (χ0n) is 66.3. The van der Waals surface area contributed by atoms with Crippen LogP contribution in [0.15, 0.2) is 195 Å². The first-order valence-electron chi connectivity index (χ1n) is 37.3. The zero-order chi connectivity index (χ0) is 80.5. The first-order valence-corrected chi connectivity index (χ1v) is 35.8. The fourth-order valence-electron chi connectivity index (χ4n) is 13.0. The molecular formula is C86H98FN19O8. The number of nitrogens with one attached hydrogen (secondary N) is 1. The summed E-state index contributed by atoms with van der Waals surface area (Å²) >= 11 is 0. The topological polar surface area (TPSA) is 274 Å². The fourth-order valence-corrected chi connectivity index (χ4v) is 13.0. The van der Waals surface area contributed by atoms with E-state index in [1.54, 1.807) is 134 Å². The zero-order valence-corrected chi connectivity index (χ0v) is 63.3. The Kier molecular flexibility index (Phi) is 25.7. The lowest BCUT2D eigenvalue weighted by Crippen LogP contribution is -2.38. The standard InChI is InChI=1S/C29H23FN6O3.C28H31N7O2.C26H32N6O3.3CH4/c1-34-17-18(15-32-34)27-16-31-25-8-7-20(14-26(25)33-27)35(21-11-19(30)12-22(13-21)39-2)9-10-36-28(37)23-5-3-4-6-24(23)29(36)38;1-19-15-29-20(2)34(19)9-6-10-35(23-11-24(36-4)14-25(12-23)37-5)22-7-8-26-27(13-22)32-28(17-30-26)21-16-31-33(3)18-21;1-17(2)27-13-21(33)16-32(20-8-22(34-4)11-23(9-20)35-5)19-6-7-24-25(10-19)30-26(14-28-24)18-12-29-31(3)15-18;;;/h3-8,11-17H,9-10H2,1-2H3;7-8,11-18H,6,9-10H2,1-5H3;6-12,14-15,17,21,27,33H,13,16H2,1-5H3;3*1H4/t;;21-;;;/m..1.../s1/i2D3;;;;;. The summed E-state index contributed by atoms with van der Waals surface area (Å²) in [5, 5.41) is 26.8. The van der Waals surface area contributed by atoms with Gasteiger partial charge in [0.25, 0.3) is 11.8 Å². The second-order valence-corrected chi connectivity index (χ2v) is 26.8. The third-order valence-electron chi connectivity index (χ3n) is 18.7. The summed E-state index contributed by atoms with van der Waals surface area (Å²) in [6, 6.07) is 39.4. The van der Waals surface area contributed by atoms with E-state index < -0.39 is 30.8 Å². The maximum atomic E-state index is 14.8. The number of methoxy groups -OCH3 is 5. The highest BCUT2D eigenvalue weighted by Gasteiger charge is 2.35. The van der Waals surface area contributed by atoms with Crippen LogP contribution >= 0.6 is 0 Å². The van der Waals surface area contributed by atoms with E-state index in [-0.39, 0.29) is 52.8 Å². The van der Waals surface area contributed by atoms with Gasteiger partial charge < -0.3 is 53.4 Å². The average molecular weight is 1550 g/mol. The fraction of sp³-hybridized carbons (Fsp3) is 0.279. The number of hydrogen-bond acceptors (Lipinski definition) is 22. The smallest absolute Gasteiger partial charge is 0.261 e. The molecule has 28 heteroatoms. The van der Waals surface area contributed by atoms with Gasteiger partial charge in [-0.15, -0.1) is 0 Å². The number of aliphatic hydroxyl groups is 1.